The molecule has 3 aromatic rings. The molecule has 0 atom stereocenters. The van der Waals surface area contributed by atoms with Crippen LogP contribution in [0.15, 0.2) is 84.9 Å². The van der Waals surface area contributed by atoms with Crippen molar-refractivity contribution < 1.29 is 4.79 Å². The number of anilines is 2. The predicted octanol–water partition coefficient (Wildman–Crippen LogP) is 4.82. The lowest BCUT2D eigenvalue weighted by atomic mass is 10.2. The summed E-state index contributed by atoms with van der Waals surface area (Å²) in [7, 11) is 0. The third-order valence-corrected chi connectivity index (χ3v) is 5.67. The van der Waals surface area contributed by atoms with Gasteiger partial charge in [-0.2, -0.15) is 0 Å². The standard InChI is InChI=1S/C25H26ClN3O/c26-22-13-11-21(12-14-22)19-27-15-17-28(18-16-27)20-25(30)29(23-7-3-1-4-8-23)24-9-5-2-6-10-24/h1-14H,15-20H2. The Morgan fingerprint density at radius 2 is 1.23 bits per heavy atom. The number of hydrogen-bond donors (Lipinski definition) is 0. The summed E-state index contributed by atoms with van der Waals surface area (Å²) in [5, 5.41) is 0.767. The summed E-state index contributed by atoms with van der Waals surface area (Å²) in [5.74, 6) is 0.0959. The Morgan fingerprint density at radius 3 is 1.77 bits per heavy atom. The SMILES string of the molecule is O=C(CN1CCN(Cc2ccc(Cl)cc2)CC1)N(c1ccccc1)c1ccccc1. The minimum Gasteiger partial charge on any atom is -0.297 e. The average Bonchev–Trinajstić information content (AvgIpc) is 2.78. The molecular weight excluding hydrogens is 394 g/mol. The second kappa shape index (κ2) is 9.90. The first kappa shape index (κ1) is 20.6. The number of benzene rings is 3. The van der Waals surface area contributed by atoms with E-state index in [1.54, 1.807) is 0 Å². The molecule has 0 N–H and O–H groups in total. The van der Waals surface area contributed by atoms with Crippen LogP contribution in [0.25, 0.3) is 0 Å². The van der Waals surface area contributed by atoms with Gasteiger partial charge in [-0.15, -0.1) is 0 Å². The molecule has 4 rings (SSSR count). The van der Waals surface area contributed by atoms with Gasteiger partial charge in [-0.1, -0.05) is 60.1 Å². The Morgan fingerprint density at radius 1 is 0.733 bits per heavy atom. The number of halogens is 1. The molecule has 3 aromatic carbocycles. The first-order valence-corrected chi connectivity index (χ1v) is 10.7. The van der Waals surface area contributed by atoms with Gasteiger partial charge in [0, 0.05) is 49.1 Å². The van der Waals surface area contributed by atoms with Gasteiger partial charge >= 0.3 is 0 Å². The molecular formula is C25H26ClN3O. The third kappa shape index (κ3) is 5.28. The molecule has 0 unspecified atom stereocenters. The normalized spacial score (nSPS) is 15.1. The summed E-state index contributed by atoms with van der Waals surface area (Å²) in [6.45, 7) is 5.00. The van der Waals surface area contributed by atoms with E-state index in [-0.39, 0.29) is 5.91 Å². The highest BCUT2D eigenvalue weighted by molar-refractivity contribution is 6.30. The van der Waals surface area contributed by atoms with Gasteiger partial charge in [0.2, 0.25) is 5.91 Å². The van der Waals surface area contributed by atoms with E-state index in [4.69, 9.17) is 11.6 Å². The van der Waals surface area contributed by atoms with E-state index in [2.05, 4.69) is 21.9 Å². The number of carbonyl (C=O) groups is 1. The molecule has 0 saturated carbocycles. The van der Waals surface area contributed by atoms with Gasteiger partial charge in [0.1, 0.15) is 0 Å². The Balaban J connectivity index is 1.37. The summed E-state index contributed by atoms with van der Waals surface area (Å²) >= 11 is 5.98. The molecule has 5 heteroatoms. The molecule has 0 aromatic heterocycles. The maximum absolute atomic E-state index is 13.3. The maximum Gasteiger partial charge on any atom is 0.245 e. The highest BCUT2D eigenvalue weighted by Crippen LogP contribution is 2.25. The minimum atomic E-state index is 0.0959. The fraction of sp³-hybridized carbons (Fsp3) is 0.240. The topological polar surface area (TPSA) is 26.8 Å². The van der Waals surface area contributed by atoms with Crippen LogP contribution in [0.5, 0.6) is 0 Å². The smallest absolute Gasteiger partial charge is 0.245 e. The van der Waals surface area contributed by atoms with Gasteiger partial charge in [-0.25, -0.2) is 0 Å². The van der Waals surface area contributed by atoms with E-state index < -0.39 is 0 Å². The molecule has 30 heavy (non-hydrogen) atoms. The molecule has 0 spiro atoms. The van der Waals surface area contributed by atoms with Gasteiger partial charge in [0.05, 0.1) is 6.54 Å². The zero-order valence-electron chi connectivity index (χ0n) is 17.0. The average molecular weight is 420 g/mol. The van der Waals surface area contributed by atoms with E-state index >= 15 is 0 Å². The molecule has 1 amide bonds. The molecule has 1 aliphatic rings. The van der Waals surface area contributed by atoms with E-state index in [0.717, 1.165) is 49.1 Å². The molecule has 0 bridgehead atoms. The van der Waals surface area contributed by atoms with Crippen LogP contribution in [0.1, 0.15) is 5.56 Å². The molecule has 1 heterocycles. The van der Waals surface area contributed by atoms with Crippen LogP contribution in [0, 0.1) is 0 Å². The minimum absolute atomic E-state index is 0.0959. The van der Waals surface area contributed by atoms with E-state index in [9.17, 15) is 4.79 Å². The summed E-state index contributed by atoms with van der Waals surface area (Å²) in [6, 6.07) is 27.8. The number of para-hydroxylation sites is 2. The summed E-state index contributed by atoms with van der Waals surface area (Å²) < 4.78 is 0. The maximum atomic E-state index is 13.3. The molecule has 1 aliphatic heterocycles. The summed E-state index contributed by atoms with van der Waals surface area (Å²) in [6.07, 6.45) is 0. The molecule has 1 saturated heterocycles. The Kier molecular flexibility index (Phi) is 6.80. The summed E-state index contributed by atoms with van der Waals surface area (Å²) in [5.41, 5.74) is 3.06. The highest BCUT2D eigenvalue weighted by Gasteiger charge is 2.23. The predicted molar refractivity (Wildman–Crippen MR) is 123 cm³/mol. The second-order valence-corrected chi connectivity index (χ2v) is 8.02. The van der Waals surface area contributed by atoms with Crippen LogP contribution in [-0.2, 0) is 11.3 Å². The Hall–Kier alpha value is -2.66. The van der Waals surface area contributed by atoms with Crippen molar-refractivity contribution in [3.05, 3.63) is 95.5 Å². The Labute approximate surface area is 183 Å². The molecule has 1 fully saturated rings. The van der Waals surface area contributed by atoms with Crippen LogP contribution in [0.3, 0.4) is 0 Å². The number of amides is 1. The van der Waals surface area contributed by atoms with Crippen molar-refractivity contribution in [1.29, 1.82) is 0 Å². The monoisotopic (exact) mass is 419 g/mol. The van der Waals surface area contributed by atoms with Crippen molar-refractivity contribution in [3.8, 4) is 0 Å². The largest absolute Gasteiger partial charge is 0.297 e. The number of nitrogens with zero attached hydrogens (tertiary/aromatic N) is 3. The van der Waals surface area contributed by atoms with Crippen molar-refractivity contribution >= 4 is 28.9 Å². The van der Waals surface area contributed by atoms with Crippen molar-refractivity contribution in [2.24, 2.45) is 0 Å². The van der Waals surface area contributed by atoms with E-state index in [1.165, 1.54) is 5.56 Å². The van der Waals surface area contributed by atoms with Crippen molar-refractivity contribution in [2.75, 3.05) is 37.6 Å². The number of carbonyl (C=O) groups excluding carboxylic acids is 1. The zero-order valence-corrected chi connectivity index (χ0v) is 17.7. The third-order valence-electron chi connectivity index (χ3n) is 5.42. The lowest BCUT2D eigenvalue weighted by Crippen LogP contribution is -2.49. The van der Waals surface area contributed by atoms with Gasteiger partial charge in [-0.05, 0) is 42.0 Å². The van der Waals surface area contributed by atoms with Crippen molar-refractivity contribution in [3.63, 3.8) is 0 Å². The van der Waals surface area contributed by atoms with Crippen LogP contribution in [-0.4, -0.2) is 48.4 Å². The highest BCUT2D eigenvalue weighted by atomic mass is 35.5. The second-order valence-electron chi connectivity index (χ2n) is 7.58. The number of piperazine rings is 1. The Bertz CT molecular complexity index is 900. The lowest BCUT2D eigenvalue weighted by molar-refractivity contribution is -0.119. The summed E-state index contributed by atoms with van der Waals surface area (Å²) in [4.78, 5) is 19.8. The molecule has 0 radical (unpaired) electrons. The molecule has 4 nitrogen and oxygen atoms in total. The van der Waals surface area contributed by atoms with Crippen LogP contribution in [0.2, 0.25) is 5.02 Å². The fourth-order valence-corrected chi connectivity index (χ4v) is 3.93. The van der Waals surface area contributed by atoms with Crippen molar-refractivity contribution in [2.45, 2.75) is 6.54 Å². The quantitative estimate of drug-likeness (QED) is 0.573. The van der Waals surface area contributed by atoms with E-state index in [0.29, 0.717) is 6.54 Å². The van der Waals surface area contributed by atoms with Crippen molar-refractivity contribution in [1.82, 2.24) is 9.80 Å². The van der Waals surface area contributed by atoms with Crippen LogP contribution >= 0.6 is 11.6 Å². The van der Waals surface area contributed by atoms with Gasteiger partial charge in [-0.3, -0.25) is 19.5 Å². The van der Waals surface area contributed by atoms with Crippen LogP contribution in [0.4, 0.5) is 11.4 Å². The van der Waals surface area contributed by atoms with E-state index in [1.807, 2.05) is 77.7 Å². The van der Waals surface area contributed by atoms with Gasteiger partial charge < -0.3 is 0 Å². The fourth-order valence-electron chi connectivity index (χ4n) is 3.81. The van der Waals surface area contributed by atoms with Gasteiger partial charge in [0.15, 0.2) is 0 Å². The van der Waals surface area contributed by atoms with Crippen LogP contribution < -0.4 is 4.90 Å². The number of rotatable bonds is 6. The van der Waals surface area contributed by atoms with Gasteiger partial charge in [0.25, 0.3) is 0 Å². The number of hydrogen-bond acceptors (Lipinski definition) is 3. The molecule has 0 aliphatic carbocycles. The lowest BCUT2D eigenvalue weighted by Gasteiger charge is -2.35. The first-order valence-electron chi connectivity index (χ1n) is 10.3. The molecule has 154 valence electrons. The first-order chi connectivity index (χ1) is 14.7. The zero-order chi connectivity index (χ0) is 20.8.